The maximum Gasteiger partial charge on any atom is 0.0379 e. The number of nitrogens with two attached hydrogens (primary N) is 2. The van der Waals surface area contributed by atoms with Gasteiger partial charge in [0.25, 0.3) is 0 Å². The molecular weight excluding hydrogens is 160 g/mol. The van der Waals surface area contributed by atoms with Gasteiger partial charge in [-0.3, -0.25) is 0 Å². The van der Waals surface area contributed by atoms with Gasteiger partial charge in [-0.25, -0.2) is 0 Å². The molecule has 0 saturated heterocycles. The van der Waals surface area contributed by atoms with E-state index in [1.165, 1.54) is 16.7 Å². The van der Waals surface area contributed by atoms with E-state index in [9.17, 15) is 0 Å². The molecule has 0 spiro atoms. The first-order valence-electron chi connectivity index (χ1n) is 4.83. The molecule has 0 unspecified atom stereocenters. The Labute approximate surface area is 79.9 Å². The number of nitrogen functional groups attached to an aromatic ring is 1. The maximum absolute atomic E-state index is 5.99. The van der Waals surface area contributed by atoms with Crippen LogP contribution in [0.1, 0.15) is 30.5 Å². The molecule has 0 aliphatic carbocycles. The van der Waals surface area contributed by atoms with Crippen LogP contribution in [0, 0.1) is 0 Å². The Bertz CT molecular complexity index is 267. The highest BCUT2D eigenvalue weighted by Gasteiger charge is 2.04. The summed E-state index contributed by atoms with van der Waals surface area (Å²) in [7, 11) is 0. The second-order valence-electron chi connectivity index (χ2n) is 3.24. The number of benzene rings is 1. The molecule has 2 nitrogen and oxygen atoms in total. The van der Waals surface area contributed by atoms with Gasteiger partial charge in [0.05, 0.1) is 0 Å². The summed E-state index contributed by atoms with van der Waals surface area (Å²) in [4.78, 5) is 0. The van der Waals surface area contributed by atoms with Crippen LogP contribution in [0.3, 0.4) is 0 Å². The minimum atomic E-state index is 0.598. The third kappa shape index (κ3) is 2.01. The van der Waals surface area contributed by atoms with Crippen molar-refractivity contribution in [2.75, 3.05) is 5.73 Å². The molecule has 0 aliphatic heterocycles. The molecule has 13 heavy (non-hydrogen) atoms. The zero-order valence-electron chi connectivity index (χ0n) is 8.43. The van der Waals surface area contributed by atoms with Crippen molar-refractivity contribution in [3.63, 3.8) is 0 Å². The minimum absolute atomic E-state index is 0.598. The Morgan fingerprint density at radius 3 is 1.85 bits per heavy atom. The monoisotopic (exact) mass is 178 g/mol. The smallest absolute Gasteiger partial charge is 0.0379 e. The predicted octanol–water partition coefficient (Wildman–Crippen LogP) is 1.85. The van der Waals surface area contributed by atoms with Crippen molar-refractivity contribution in [1.82, 2.24) is 0 Å². The van der Waals surface area contributed by atoms with Crippen molar-refractivity contribution < 1.29 is 0 Å². The lowest BCUT2D eigenvalue weighted by atomic mass is 9.99. The van der Waals surface area contributed by atoms with Crippen molar-refractivity contribution >= 4 is 5.69 Å². The Morgan fingerprint density at radius 2 is 1.54 bits per heavy atom. The lowest BCUT2D eigenvalue weighted by Crippen LogP contribution is -2.03. The third-order valence-electron chi connectivity index (χ3n) is 2.41. The minimum Gasteiger partial charge on any atom is -0.398 e. The molecule has 2 heteroatoms. The molecule has 0 fully saturated rings. The van der Waals surface area contributed by atoms with Gasteiger partial charge in [-0.2, -0.15) is 0 Å². The molecule has 0 atom stereocenters. The van der Waals surface area contributed by atoms with Gasteiger partial charge in [-0.15, -0.1) is 0 Å². The molecule has 0 radical (unpaired) electrons. The quantitative estimate of drug-likeness (QED) is 0.694. The predicted molar refractivity (Wildman–Crippen MR) is 57.5 cm³/mol. The molecule has 4 N–H and O–H groups in total. The normalized spacial score (nSPS) is 10.4. The van der Waals surface area contributed by atoms with Gasteiger partial charge in [0.15, 0.2) is 0 Å². The van der Waals surface area contributed by atoms with E-state index in [-0.39, 0.29) is 0 Å². The first-order valence-corrected chi connectivity index (χ1v) is 4.83. The summed E-state index contributed by atoms with van der Waals surface area (Å²) in [6.45, 7) is 4.83. The number of hydrogen-bond donors (Lipinski definition) is 2. The second kappa shape index (κ2) is 4.28. The Morgan fingerprint density at radius 1 is 1.08 bits per heavy atom. The molecule has 0 saturated carbocycles. The summed E-state index contributed by atoms with van der Waals surface area (Å²) in [5, 5.41) is 0. The van der Waals surface area contributed by atoms with Gasteiger partial charge in [0.1, 0.15) is 0 Å². The van der Waals surface area contributed by atoms with Crippen LogP contribution in [-0.2, 0) is 19.4 Å². The van der Waals surface area contributed by atoms with Crippen LogP contribution < -0.4 is 11.5 Å². The largest absolute Gasteiger partial charge is 0.398 e. The fraction of sp³-hybridized carbons (Fsp3) is 0.455. The van der Waals surface area contributed by atoms with E-state index < -0.39 is 0 Å². The van der Waals surface area contributed by atoms with Gasteiger partial charge in [0, 0.05) is 12.2 Å². The topological polar surface area (TPSA) is 52.0 Å². The van der Waals surface area contributed by atoms with E-state index in [1.54, 1.807) is 0 Å². The Kier molecular flexibility index (Phi) is 3.32. The lowest BCUT2D eigenvalue weighted by Gasteiger charge is -2.10. The molecule has 1 aromatic carbocycles. The summed E-state index contributed by atoms with van der Waals surface area (Å²) in [5.74, 6) is 0. The van der Waals surface area contributed by atoms with Crippen molar-refractivity contribution in [1.29, 1.82) is 0 Å². The summed E-state index contributed by atoms with van der Waals surface area (Å²) < 4.78 is 0. The van der Waals surface area contributed by atoms with E-state index in [2.05, 4.69) is 26.0 Å². The molecule has 72 valence electrons. The van der Waals surface area contributed by atoms with Gasteiger partial charge in [-0.1, -0.05) is 26.0 Å². The van der Waals surface area contributed by atoms with Crippen LogP contribution in [0.25, 0.3) is 0 Å². The van der Waals surface area contributed by atoms with E-state index in [1.807, 2.05) is 0 Å². The number of aryl methyl sites for hydroxylation is 2. The molecule has 0 heterocycles. The fourth-order valence-corrected chi connectivity index (χ4v) is 1.55. The molecule has 1 rings (SSSR count). The number of anilines is 1. The standard InChI is InChI=1S/C11H18N2/c1-3-9-5-8(7-12)6-10(4-2)11(9)13/h5-6H,3-4,7,12-13H2,1-2H3. The van der Waals surface area contributed by atoms with E-state index in [0.717, 1.165) is 18.5 Å². The first-order chi connectivity index (χ1) is 6.22. The average Bonchev–Trinajstić information content (AvgIpc) is 2.18. The zero-order chi connectivity index (χ0) is 9.84. The highest BCUT2D eigenvalue weighted by atomic mass is 14.6. The van der Waals surface area contributed by atoms with Crippen molar-refractivity contribution in [2.24, 2.45) is 5.73 Å². The van der Waals surface area contributed by atoms with E-state index in [0.29, 0.717) is 6.54 Å². The molecular formula is C11H18N2. The summed E-state index contributed by atoms with van der Waals surface area (Å²) in [6.07, 6.45) is 1.96. The highest BCUT2D eigenvalue weighted by molar-refractivity contribution is 5.55. The number of hydrogen-bond acceptors (Lipinski definition) is 2. The third-order valence-corrected chi connectivity index (χ3v) is 2.41. The summed E-state index contributed by atoms with van der Waals surface area (Å²) in [6, 6.07) is 4.21. The SMILES string of the molecule is CCc1cc(CN)cc(CC)c1N. The highest BCUT2D eigenvalue weighted by Crippen LogP contribution is 2.21. The second-order valence-corrected chi connectivity index (χ2v) is 3.24. The van der Waals surface area contributed by atoms with Gasteiger partial charge >= 0.3 is 0 Å². The van der Waals surface area contributed by atoms with E-state index in [4.69, 9.17) is 11.5 Å². The van der Waals surface area contributed by atoms with Crippen LogP contribution >= 0.6 is 0 Å². The molecule has 0 aromatic heterocycles. The summed E-state index contributed by atoms with van der Waals surface area (Å²) >= 11 is 0. The first kappa shape index (κ1) is 10.1. The van der Waals surface area contributed by atoms with Crippen LogP contribution in [-0.4, -0.2) is 0 Å². The lowest BCUT2D eigenvalue weighted by molar-refractivity contribution is 1.02. The summed E-state index contributed by atoms with van der Waals surface area (Å²) in [5.41, 5.74) is 16.2. The maximum atomic E-state index is 5.99. The van der Waals surface area contributed by atoms with Crippen LogP contribution in [0.15, 0.2) is 12.1 Å². The molecule has 0 amide bonds. The van der Waals surface area contributed by atoms with Crippen LogP contribution in [0.4, 0.5) is 5.69 Å². The molecule has 0 aliphatic rings. The zero-order valence-corrected chi connectivity index (χ0v) is 8.43. The van der Waals surface area contributed by atoms with Gasteiger partial charge < -0.3 is 11.5 Å². The van der Waals surface area contributed by atoms with Crippen molar-refractivity contribution in [3.8, 4) is 0 Å². The Balaban J connectivity index is 3.20. The van der Waals surface area contributed by atoms with Crippen molar-refractivity contribution in [3.05, 3.63) is 28.8 Å². The van der Waals surface area contributed by atoms with Crippen LogP contribution in [0.5, 0.6) is 0 Å². The fourth-order valence-electron chi connectivity index (χ4n) is 1.55. The van der Waals surface area contributed by atoms with Crippen molar-refractivity contribution in [2.45, 2.75) is 33.2 Å². The average molecular weight is 178 g/mol. The molecule has 0 bridgehead atoms. The van der Waals surface area contributed by atoms with Gasteiger partial charge in [0.2, 0.25) is 0 Å². The number of rotatable bonds is 3. The van der Waals surface area contributed by atoms with Gasteiger partial charge in [-0.05, 0) is 29.5 Å². The van der Waals surface area contributed by atoms with E-state index >= 15 is 0 Å². The van der Waals surface area contributed by atoms with Crippen LogP contribution in [0.2, 0.25) is 0 Å². The Hall–Kier alpha value is -1.02. The molecule has 1 aromatic rings.